The molecule has 0 aromatic carbocycles. The smallest absolute Gasteiger partial charge is 0.321 e. The SMILES string of the molecule is CN=C(NOCC(=O)NCCCCN)[C@@H]1c2c(cnn2C)[C@@H]2CN1C(=O)N2C. The van der Waals surface area contributed by atoms with Crippen LogP contribution in [0.1, 0.15) is 36.2 Å². The van der Waals surface area contributed by atoms with E-state index in [1.54, 1.807) is 34.8 Å². The number of urea groups is 1. The number of nitrogens with two attached hydrogens (primary N) is 1. The molecule has 3 heterocycles. The minimum absolute atomic E-state index is 0.0224. The standard InChI is InChI=1S/C17H28N8O3/c1-19-16(22-28-10-13(26)20-7-5-4-6-18)15-14-11(8-21-24(14)3)12-9-25(15)17(27)23(12)2/h8,12,15H,4-7,9-10,18H2,1-3H3,(H,19,22)(H,20,26)/t12-,15-/m0/s1. The van der Waals surface area contributed by atoms with Crippen LogP contribution in [0.4, 0.5) is 4.79 Å². The fourth-order valence-corrected chi connectivity index (χ4v) is 3.67. The third-order valence-corrected chi connectivity index (χ3v) is 5.16. The Morgan fingerprint density at radius 2 is 2.21 bits per heavy atom. The summed E-state index contributed by atoms with van der Waals surface area (Å²) in [6.07, 6.45) is 3.48. The van der Waals surface area contributed by atoms with E-state index >= 15 is 0 Å². The number of amides is 3. The lowest BCUT2D eigenvalue weighted by Crippen LogP contribution is -2.45. The molecule has 4 N–H and O–H groups in total. The average Bonchev–Trinajstić information content (AvgIpc) is 3.18. The van der Waals surface area contributed by atoms with Gasteiger partial charge in [0.15, 0.2) is 6.61 Å². The van der Waals surface area contributed by atoms with E-state index < -0.39 is 6.04 Å². The Balaban J connectivity index is 1.65. The van der Waals surface area contributed by atoms with Crippen molar-refractivity contribution >= 4 is 17.8 Å². The summed E-state index contributed by atoms with van der Waals surface area (Å²) in [6.45, 7) is 1.56. The summed E-state index contributed by atoms with van der Waals surface area (Å²) in [5.41, 5.74) is 10.1. The maximum Gasteiger partial charge on any atom is 0.321 e. The summed E-state index contributed by atoms with van der Waals surface area (Å²) in [4.78, 5) is 37.6. The number of aryl methyl sites for hydroxylation is 1. The molecule has 0 aliphatic carbocycles. The molecule has 0 unspecified atom stereocenters. The van der Waals surface area contributed by atoms with E-state index in [9.17, 15) is 9.59 Å². The van der Waals surface area contributed by atoms with Crippen LogP contribution in [0.3, 0.4) is 0 Å². The van der Waals surface area contributed by atoms with Crippen LogP contribution in [0, 0.1) is 0 Å². The van der Waals surface area contributed by atoms with Crippen molar-refractivity contribution < 1.29 is 14.4 Å². The van der Waals surface area contributed by atoms with Gasteiger partial charge in [0.25, 0.3) is 0 Å². The molecule has 1 aromatic rings. The predicted octanol–water partition coefficient (Wildman–Crippen LogP) is -0.712. The number of hydrogen-bond acceptors (Lipinski definition) is 6. The van der Waals surface area contributed by atoms with Crippen LogP contribution in [0.25, 0.3) is 0 Å². The fraction of sp³-hybridized carbons (Fsp3) is 0.647. The van der Waals surface area contributed by atoms with Crippen LogP contribution in [-0.4, -0.2) is 77.7 Å². The van der Waals surface area contributed by atoms with E-state index in [4.69, 9.17) is 10.6 Å². The second-order valence-electron chi connectivity index (χ2n) is 6.92. The molecule has 154 valence electrons. The van der Waals surface area contributed by atoms with Crippen molar-refractivity contribution in [3.8, 4) is 0 Å². The average molecular weight is 392 g/mol. The topological polar surface area (TPSA) is 130 Å². The first kappa shape index (κ1) is 20.1. The van der Waals surface area contributed by atoms with Gasteiger partial charge in [-0.2, -0.15) is 5.10 Å². The minimum Gasteiger partial charge on any atom is -0.354 e. The van der Waals surface area contributed by atoms with Crippen LogP contribution in [0.2, 0.25) is 0 Å². The number of rotatable bonds is 8. The predicted molar refractivity (Wildman–Crippen MR) is 102 cm³/mol. The quantitative estimate of drug-likeness (QED) is 0.232. The lowest BCUT2D eigenvalue weighted by Gasteiger charge is -2.32. The normalized spacial score (nSPS) is 21.1. The van der Waals surface area contributed by atoms with Gasteiger partial charge in [0.1, 0.15) is 11.9 Å². The molecule has 0 radical (unpaired) electrons. The highest BCUT2D eigenvalue weighted by Gasteiger charge is 2.49. The highest BCUT2D eigenvalue weighted by Crippen LogP contribution is 2.42. The molecule has 3 amide bonds. The molecule has 1 aromatic heterocycles. The summed E-state index contributed by atoms with van der Waals surface area (Å²) in [5.74, 6) is 0.213. The summed E-state index contributed by atoms with van der Waals surface area (Å²) in [7, 11) is 5.24. The third kappa shape index (κ3) is 3.67. The van der Waals surface area contributed by atoms with Crippen molar-refractivity contribution in [2.45, 2.75) is 24.9 Å². The molecule has 2 bridgehead atoms. The zero-order chi connectivity index (χ0) is 20.3. The number of fused-ring (bicyclic) bond motifs is 4. The number of hydrogen-bond donors (Lipinski definition) is 3. The van der Waals surface area contributed by atoms with E-state index in [1.165, 1.54) is 0 Å². The molecule has 11 heteroatoms. The van der Waals surface area contributed by atoms with Crippen molar-refractivity contribution in [3.05, 3.63) is 17.5 Å². The van der Waals surface area contributed by atoms with Gasteiger partial charge in [-0.3, -0.25) is 24.8 Å². The van der Waals surface area contributed by atoms with E-state index in [-0.39, 0.29) is 24.6 Å². The molecule has 28 heavy (non-hydrogen) atoms. The molecule has 11 nitrogen and oxygen atoms in total. The minimum atomic E-state index is -0.450. The monoisotopic (exact) mass is 392 g/mol. The van der Waals surface area contributed by atoms with Gasteiger partial charge in [-0.05, 0) is 19.4 Å². The Labute approximate surface area is 163 Å². The number of nitrogens with one attached hydrogen (secondary N) is 2. The Morgan fingerprint density at radius 1 is 1.43 bits per heavy atom. The molecular weight excluding hydrogens is 364 g/mol. The molecule has 0 saturated carbocycles. The van der Waals surface area contributed by atoms with Gasteiger partial charge in [0.05, 0.1) is 17.9 Å². The van der Waals surface area contributed by atoms with Crippen molar-refractivity contribution in [3.63, 3.8) is 0 Å². The second-order valence-corrected chi connectivity index (χ2v) is 6.92. The Bertz CT molecular complexity index is 762. The van der Waals surface area contributed by atoms with Crippen molar-refractivity contribution in [2.75, 3.05) is 40.3 Å². The van der Waals surface area contributed by atoms with Gasteiger partial charge in [-0.15, -0.1) is 0 Å². The first-order valence-corrected chi connectivity index (χ1v) is 9.36. The number of carbonyl (C=O) groups is 2. The van der Waals surface area contributed by atoms with Crippen molar-refractivity contribution in [1.82, 2.24) is 30.4 Å². The molecule has 2 atom stereocenters. The molecule has 0 spiro atoms. The molecular formula is C17H28N8O3. The van der Waals surface area contributed by atoms with Crippen LogP contribution in [0.5, 0.6) is 0 Å². The number of aliphatic imine (C=N–C) groups is 1. The van der Waals surface area contributed by atoms with Crippen LogP contribution < -0.4 is 16.5 Å². The number of hydroxylamine groups is 1. The first-order valence-electron chi connectivity index (χ1n) is 9.36. The van der Waals surface area contributed by atoms with Gasteiger partial charge < -0.3 is 20.9 Å². The van der Waals surface area contributed by atoms with Crippen LogP contribution in [0.15, 0.2) is 11.2 Å². The Kier molecular flexibility index (Phi) is 6.15. The maximum absolute atomic E-state index is 12.7. The Hall–Kier alpha value is -2.66. The molecule has 2 aliphatic heterocycles. The lowest BCUT2D eigenvalue weighted by molar-refractivity contribution is -0.127. The molecule has 1 saturated heterocycles. The number of carbonyl (C=O) groups excluding carboxylic acids is 2. The number of likely N-dealkylation sites (N-methyl/N-ethyl adjacent to an activating group) is 1. The maximum atomic E-state index is 12.7. The molecule has 2 aliphatic rings. The van der Waals surface area contributed by atoms with Gasteiger partial charge in [0.2, 0.25) is 5.91 Å². The van der Waals surface area contributed by atoms with E-state index in [0.29, 0.717) is 25.5 Å². The van der Waals surface area contributed by atoms with E-state index in [2.05, 4.69) is 20.9 Å². The number of nitrogens with zero attached hydrogens (tertiary/aromatic N) is 5. The highest BCUT2D eigenvalue weighted by atomic mass is 16.6. The van der Waals surface area contributed by atoms with E-state index in [0.717, 1.165) is 24.1 Å². The summed E-state index contributed by atoms with van der Waals surface area (Å²) in [6, 6.07) is -0.550. The highest BCUT2D eigenvalue weighted by molar-refractivity contribution is 5.93. The summed E-state index contributed by atoms with van der Waals surface area (Å²) in [5, 5.41) is 7.12. The third-order valence-electron chi connectivity index (χ3n) is 5.16. The van der Waals surface area contributed by atoms with Gasteiger partial charge in [-0.25, -0.2) is 4.79 Å². The second kappa shape index (κ2) is 8.57. The summed E-state index contributed by atoms with van der Waals surface area (Å²) < 4.78 is 1.75. The Morgan fingerprint density at radius 3 is 2.93 bits per heavy atom. The van der Waals surface area contributed by atoms with Gasteiger partial charge in [-0.1, -0.05) is 0 Å². The van der Waals surface area contributed by atoms with E-state index in [1.807, 2.05) is 7.05 Å². The molecule has 3 rings (SSSR count). The van der Waals surface area contributed by atoms with Crippen LogP contribution in [-0.2, 0) is 16.7 Å². The first-order chi connectivity index (χ1) is 13.5. The molecule has 1 fully saturated rings. The summed E-state index contributed by atoms with van der Waals surface area (Å²) >= 11 is 0. The number of aromatic nitrogens is 2. The fourth-order valence-electron chi connectivity index (χ4n) is 3.67. The zero-order valence-corrected chi connectivity index (χ0v) is 16.5. The van der Waals surface area contributed by atoms with Gasteiger partial charge in [0, 0.05) is 39.8 Å². The van der Waals surface area contributed by atoms with Gasteiger partial charge >= 0.3 is 6.03 Å². The largest absolute Gasteiger partial charge is 0.354 e. The number of amidine groups is 1. The zero-order valence-electron chi connectivity index (χ0n) is 16.5. The van der Waals surface area contributed by atoms with Crippen LogP contribution >= 0.6 is 0 Å². The van der Waals surface area contributed by atoms with Crippen molar-refractivity contribution in [2.24, 2.45) is 17.8 Å². The van der Waals surface area contributed by atoms with Crippen molar-refractivity contribution in [1.29, 1.82) is 0 Å². The number of unbranched alkanes of at least 4 members (excludes halogenated alkanes) is 1. The lowest BCUT2D eigenvalue weighted by atomic mass is 9.97.